The molecule has 0 radical (unpaired) electrons. The Kier molecular flexibility index (Phi) is 18.6. The smallest absolute Gasteiger partial charge is 0.365 e. The third-order valence-electron chi connectivity index (χ3n) is 10.8. The lowest BCUT2D eigenvalue weighted by Crippen LogP contribution is -2.92. The van der Waals surface area contributed by atoms with Crippen LogP contribution in [0.15, 0.2) is 170 Å². The van der Waals surface area contributed by atoms with Crippen LogP contribution in [0, 0.1) is 0 Å². The summed E-state index contributed by atoms with van der Waals surface area (Å²) in [6, 6.07) is 51.6. The van der Waals surface area contributed by atoms with E-state index in [1.54, 1.807) is 0 Å². The second kappa shape index (κ2) is 25.6. The van der Waals surface area contributed by atoms with Gasteiger partial charge >= 0.3 is 11.9 Å². The largest absolute Gasteiger partial charge is 0.545 e. The molecular weight excluding hydrogens is 861 g/mol. The standard InChI is InChI=1S/2C26H25NO3.C4H4O4/c2*1-2-29-26(28)23(16-19-10-4-3-5-11-19)27-18-21-17-20-12-6-8-14-24(20)30-25-15-9-7-13-22(21)25;5-3(6)1-2-4(7)8/h2*3-15,17,23,27H,2,16,18H2,1H3;1-2H,(H,5,6)(H,7,8)/b;;2-1-. The van der Waals surface area contributed by atoms with Gasteiger partial charge in [-0.25, -0.2) is 9.59 Å². The monoisotopic (exact) mass is 914 g/mol. The molecule has 2 heterocycles. The van der Waals surface area contributed by atoms with Gasteiger partial charge in [0, 0.05) is 46.2 Å². The van der Waals surface area contributed by atoms with Crippen LogP contribution in [-0.2, 0) is 41.5 Å². The number of benzene rings is 6. The van der Waals surface area contributed by atoms with Gasteiger partial charge in [0.25, 0.3) is 0 Å². The summed E-state index contributed by atoms with van der Waals surface area (Å²) in [6.45, 7) is 5.73. The van der Waals surface area contributed by atoms with E-state index in [0.717, 1.165) is 67.5 Å². The van der Waals surface area contributed by atoms with E-state index in [-0.39, 0.29) is 24.0 Å². The first-order valence-electron chi connectivity index (χ1n) is 22.4. The van der Waals surface area contributed by atoms with Crippen LogP contribution in [-0.4, -0.2) is 62.3 Å². The first kappa shape index (κ1) is 49.4. The molecular formula is C56H54N2O10. The van der Waals surface area contributed by atoms with E-state index < -0.39 is 11.9 Å². The summed E-state index contributed by atoms with van der Waals surface area (Å²) < 4.78 is 23.0. The molecule has 6 aromatic rings. The minimum Gasteiger partial charge on any atom is -0.545 e. The molecule has 0 saturated heterocycles. The van der Waals surface area contributed by atoms with Crippen molar-refractivity contribution in [3.63, 3.8) is 0 Å². The molecule has 0 amide bonds. The number of fused-ring (bicyclic) bond motifs is 4. The van der Waals surface area contributed by atoms with E-state index in [9.17, 15) is 29.4 Å². The Morgan fingerprint density at radius 1 is 0.485 bits per heavy atom. The number of nitrogens with two attached hydrogens (primary N) is 2. The fourth-order valence-corrected chi connectivity index (χ4v) is 7.57. The number of hydrogen-bond acceptors (Lipinski definition) is 10. The molecule has 4 N–H and O–H groups in total. The van der Waals surface area contributed by atoms with Gasteiger partial charge in [-0.3, -0.25) is 0 Å². The average molecular weight is 915 g/mol. The van der Waals surface area contributed by atoms with Gasteiger partial charge < -0.3 is 49.4 Å². The zero-order chi connectivity index (χ0) is 48.1. The summed E-state index contributed by atoms with van der Waals surface area (Å²) in [5.74, 6) is -0.113. The van der Waals surface area contributed by atoms with Crippen LogP contribution in [0.25, 0.3) is 23.3 Å². The topological polar surface area (TPSA) is 185 Å². The third-order valence-corrected chi connectivity index (χ3v) is 10.8. The van der Waals surface area contributed by atoms with Crippen LogP contribution in [0.5, 0.6) is 23.0 Å². The Hall–Kier alpha value is -8.06. The number of aliphatic carboxylic acids is 2. The van der Waals surface area contributed by atoms with Gasteiger partial charge in [0.2, 0.25) is 0 Å². The van der Waals surface area contributed by atoms with Crippen molar-refractivity contribution >= 4 is 47.2 Å². The van der Waals surface area contributed by atoms with E-state index in [2.05, 4.69) is 34.9 Å². The van der Waals surface area contributed by atoms with Gasteiger partial charge in [-0.2, -0.15) is 0 Å². The van der Waals surface area contributed by atoms with E-state index in [1.165, 1.54) is 0 Å². The number of hydrogen-bond donors (Lipinski definition) is 2. The molecule has 348 valence electrons. The molecule has 2 unspecified atom stereocenters. The molecule has 0 aliphatic carbocycles. The number of quaternary nitrogens is 2. The predicted molar refractivity (Wildman–Crippen MR) is 256 cm³/mol. The highest BCUT2D eigenvalue weighted by molar-refractivity contribution is 5.89. The number of carbonyl (C=O) groups excluding carboxylic acids is 4. The van der Waals surface area contributed by atoms with Crippen molar-refractivity contribution in [2.45, 2.75) is 38.8 Å². The maximum absolute atomic E-state index is 12.6. The normalized spacial score (nSPS) is 12.7. The van der Waals surface area contributed by atoms with Gasteiger partial charge in [-0.1, -0.05) is 133 Å². The summed E-state index contributed by atoms with van der Waals surface area (Å²) in [5, 5.41) is 23.0. The maximum Gasteiger partial charge on any atom is 0.365 e. The first-order valence-corrected chi connectivity index (χ1v) is 22.4. The third kappa shape index (κ3) is 14.7. The van der Waals surface area contributed by atoms with Gasteiger partial charge in [0.1, 0.15) is 36.1 Å². The van der Waals surface area contributed by atoms with Gasteiger partial charge in [-0.05, 0) is 73.5 Å². The molecule has 2 aliphatic rings. The number of carbonyl (C=O) groups is 4. The molecule has 0 spiro atoms. The summed E-state index contributed by atoms with van der Waals surface area (Å²) in [6.07, 6.45) is 6.33. The van der Waals surface area contributed by atoms with Gasteiger partial charge in [0.05, 0.1) is 25.2 Å². The average Bonchev–Trinajstić information content (AvgIpc) is 3.62. The fourth-order valence-electron chi connectivity index (χ4n) is 7.57. The van der Waals surface area contributed by atoms with E-state index in [4.69, 9.17) is 18.9 Å². The van der Waals surface area contributed by atoms with Crippen LogP contribution >= 0.6 is 0 Å². The van der Waals surface area contributed by atoms with E-state index in [0.29, 0.717) is 51.3 Å². The lowest BCUT2D eigenvalue weighted by molar-refractivity contribution is -0.667. The van der Waals surface area contributed by atoms with Crippen LogP contribution in [0.2, 0.25) is 0 Å². The number of esters is 2. The minimum atomic E-state index is -1.55. The van der Waals surface area contributed by atoms with Crippen LogP contribution in [0.3, 0.4) is 0 Å². The lowest BCUT2D eigenvalue weighted by Gasteiger charge is -2.16. The number of ether oxygens (including phenoxy) is 4. The quantitative estimate of drug-likeness (QED) is 0.0969. The summed E-state index contributed by atoms with van der Waals surface area (Å²) in [7, 11) is 0. The molecule has 6 aromatic carbocycles. The molecule has 0 saturated carbocycles. The van der Waals surface area contributed by atoms with Crippen LogP contribution < -0.4 is 30.3 Å². The Morgan fingerprint density at radius 2 is 0.824 bits per heavy atom. The minimum absolute atomic E-state index is 0.180. The van der Waals surface area contributed by atoms with Crippen LogP contribution in [0.4, 0.5) is 0 Å². The number of carboxylic acids is 2. The molecule has 0 fully saturated rings. The van der Waals surface area contributed by atoms with E-state index >= 15 is 0 Å². The summed E-state index contributed by atoms with van der Waals surface area (Å²) >= 11 is 0. The van der Waals surface area contributed by atoms with Crippen molar-refractivity contribution in [2.75, 3.05) is 26.3 Å². The molecule has 68 heavy (non-hydrogen) atoms. The summed E-state index contributed by atoms with van der Waals surface area (Å²) in [4.78, 5) is 44.1. The Labute approximate surface area is 396 Å². The molecule has 0 bridgehead atoms. The number of para-hydroxylation sites is 4. The fraction of sp³-hybridized carbons (Fsp3) is 0.179. The van der Waals surface area contributed by atoms with E-state index in [1.807, 2.05) is 159 Å². The second-order valence-corrected chi connectivity index (χ2v) is 15.6. The predicted octanol–water partition coefficient (Wildman–Crippen LogP) is 5.18. The molecule has 2 aliphatic heterocycles. The van der Waals surface area contributed by atoms with Crippen molar-refractivity contribution in [2.24, 2.45) is 0 Å². The molecule has 2 atom stereocenters. The Morgan fingerprint density at radius 3 is 1.19 bits per heavy atom. The highest BCUT2D eigenvalue weighted by Crippen LogP contribution is 2.38. The number of carboxylic acid groups (broad SMARTS) is 2. The molecule has 0 aromatic heterocycles. The van der Waals surface area contributed by atoms with Crippen molar-refractivity contribution < 1.29 is 59.0 Å². The van der Waals surface area contributed by atoms with Crippen molar-refractivity contribution in [3.05, 3.63) is 203 Å². The zero-order valence-electron chi connectivity index (χ0n) is 38.0. The summed E-state index contributed by atoms with van der Waals surface area (Å²) in [5.41, 5.74) is 8.66. The first-order chi connectivity index (χ1) is 33.1. The van der Waals surface area contributed by atoms with Crippen LogP contribution in [0.1, 0.15) is 47.2 Å². The number of rotatable bonds is 16. The zero-order valence-corrected chi connectivity index (χ0v) is 38.0. The SMILES string of the molecule is CCOC(=O)C(Cc1ccccc1)[NH2+]CC1=Cc2ccccc2Oc2ccccc21.CCOC(=O)C(Cc1ccccc1)[NH2+]CC1=Cc2ccccc2Oc2ccccc21.O=C([O-])/C=C\C(=O)[O-]. The molecule has 8 rings (SSSR count). The van der Waals surface area contributed by atoms with Gasteiger partial charge in [-0.15, -0.1) is 0 Å². The lowest BCUT2D eigenvalue weighted by atomic mass is 10.0. The highest BCUT2D eigenvalue weighted by atomic mass is 16.5. The maximum atomic E-state index is 12.6. The Balaban J connectivity index is 0.000000193. The second-order valence-electron chi connectivity index (χ2n) is 15.6. The highest BCUT2D eigenvalue weighted by Gasteiger charge is 2.27. The Bertz CT molecular complexity index is 2540. The van der Waals surface area contributed by atoms with Crippen molar-refractivity contribution in [3.8, 4) is 23.0 Å². The van der Waals surface area contributed by atoms with Crippen molar-refractivity contribution in [1.29, 1.82) is 0 Å². The van der Waals surface area contributed by atoms with Crippen molar-refractivity contribution in [1.82, 2.24) is 0 Å². The van der Waals surface area contributed by atoms with Gasteiger partial charge in [0.15, 0.2) is 12.1 Å². The molecule has 12 heteroatoms. The molecule has 12 nitrogen and oxygen atoms in total.